The van der Waals surface area contributed by atoms with Gasteiger partial charge in [-0.2, -0.15) is 0 Å². The van der Waals surface area contributed by atoms with Crippen LogP contribution in [0.5, 0.6) is 23.0 Å². The van der Waals surface area contributed by atoms with Crippen molar-refractivity contribution in [2.45, 2.75) is 6.04 Å². The number of amides is 1. The molecule has 1 unspecified atom stereocenters. The van der Waals surface area contributed by atoms with Crippen LogP contribution in [0.4, 0.5) is 11.4 Å². The lowest BCUT2D eigenvalue weighted by Gasteiger charge is -2.26. The Morgan fingerprint density at radius 3 is 2.35 bits per heavy atom. The summed E-state index contributed by atoms with van der Waals surface area (Å²) in [5.41, 5.74) is 2.25. The van der Waals surface area contributed by atoms with Crippen LogP contribution < -0.4 is 28.7 Å². The number of nitrogens with zero attached hydrogens (tertiary/aromatic N) is 2. The van der Waals surface area contributed by atoms with Crippen LogP contribution in [-0.4, -0.2) is 51.9 Å². The molecule has 3 aromatic rings. The van der Waals surface area contributed by atoms with Crippen molar-refractivity contribution in [1.82, 2.24) is 0 Å². The Morgan fingerprint density at radius 2 is 1.68 bits per heavy atom. The van der Waals surface area contributed by atoms with Crippen LogP contribution in [0.1, 0.15) is 17.2 Å². The average molecular weight is 503 g/mol. The number of anilines is 2. The van der Waals surface area contributed by atoms with Crippen LogP contribution in [0.3, 0.4) is 0 Å². The van der Waals surface area contributed by atoms with Gasteiger partial charge >= 0.3 is 0 Å². The maximum Gasteiger partial charge on any atom is 0.300 e. The number of carbonyl (C=O) groups excluding carboxylic acids is 2. The van der Waals surface area contributed by atoms with Crippen molar-refractivity contribution in [3.05, 3.63) is 77.4 Å². The first-order valence-electron chi connectivity index (χ1n) is 11.5. The number of carbonyl (C=O) groups is 2. The van der Waals surface area contributed by atoms with Gasteiger partial charge in [-0.15, -0.1) is 0 Å². The Balaban J connectivity index is 1.71. The smallest absolute Gasteiger partial charge is 0.300 e. The second-order valence-electron chi connectivity index (χ2n) is 8.76. The van der Waals surface area contributed by atoms with Gasteiger partial charge < -0.3 is 29.0 Å². The van der Waals surface area contributed by atoms with Crippen molar-refractivity contribution >= 4 is 28.8 Å². The minimum Gasteiger partial charge on any atom is -0.507 e. The van der Waals surface area contributed by atoms with E-state index < -0.39 is 17.7 Å². The fraction of sp³-hybridized carbons (Fsp3) is 0.214. The molecule has 190 valence electrons. The summed E-state index contributed by atoms with van der Waals surface area (Å²) in [4.78, 5) is 30.3. The predicted molar refractivity (Wildman–Crippen MR) is 138 cm³/mol. The van der Waals surface area contributed by atoms with Crippen LogP contribution in [0, 0.1) is 0 Å². The number of rotatable bonds is 6. The zero-order valence-electron chi connectivity index (χ0n) is 20.8. The van der Waals surface area contributed by atoms with Crippen LogP contribution in [0.15, 0.2) is 66.2 Å². The van der Waals surface area contributed by atoms with Crippen molar-refractivity contribution in [2.24, 2.45) is 0 Å². The lowest BCUT2D eigenvalue weighted by atomic mass is 9.94. The van der Waals surface area contributed by atoms with Gasteiger partial charge in [0.25, 0.3) is 11.7 Å². The van der Waals surface area contributed by atoms with Gasteiger partial charge in [0.05, 0.1) is 31.4 Å². The minimum absolute atomic E-state index is 0.0521. The van der Waals surface area contributed by atoms with Crippen molar-refractivity contribution < 1.29 is 33.6 Å². The number of benzene rings is 3. The van der Waals surface area contributed by atoms with Crippen molar-refractivity contribution in [2.75, 3.05) is 44.9 Å². The summed E-state index contributed by atoms with van der Waals surface area (Å²) in [5, 5.41) is 11.5. The van der Waals surface area contributed by atoms with E-state index in [2.05, 4.69) is 0 Å². The summed E-state index contributed by atoms with van der Waals surface area (Å²) in [6, 6.07) is 16.4. The molecule has 9 nitrogen and oxygen atoms in total. The lowest BCUT2D eigenvalue weighted by Crippen LogP contribution is -2.29. The number of methoxy groups -OCH3 is 2. The molecule has 0 aromatic heterocycles. The highest BCUT2D eigenvalue weighted by molar-refractivity contribution is 6.51. The summed E-state index contributed by atoms with van der Waals surface area (Å²) in [6.45, 7) is 0.0737. The molecule has 1 amide bonds. The Kier molecular flexibility index (Phi) is 6.12. The van der Waals surface area contributed by atoms with Gasteiger partial charge in [-0.05, 0) is 42.0 Å². The zero-order valence-corrected chi connectivity index (χ0v) is 20.8. The van der Waals surface area contributed by atoms with Crippen molar-refractivity contribution in [3.8, 4) is 23.0 Å². The topological polar surface area (TPSA) is 97.8 Å². The maximum atomic E-state index is 13.5. The molecular weight excluding hydrogens is 476 g/mol. The van der Waals surface area contributed by atoms with Crippen LogP contribution in [-0.2, 0) is 9.59 Å². The number of fused-ring (bicyclic) bond motifs is 1. The van der Waals surface area contributed by atoms with E-state index >= 15 is 0 Å². The van der Waals surface area contributed by atoms with E-state index in [-0.39, 0.29) is 23.7 Å². The highest BCUT2D eigenvalue weighted by Crippen LogP contribution is 2.46. The first kappa shape index (κ1) is 24.1. The molecule has 1 fully saturated rings. The number of hydrogen-bond donors (Lipinski definition) is 1. The molecule has 0 aliphatic carbocycles. The van der Waals surface area contributed by atoms with Gasteiger partial charge in [0.15, 0.2) is 11.5 Å². The molecular formula is C28H26N2O7. The van der Waals surface area contributed by atoms with E-state index in [4.69, 9.17) is 18.9 Å². The SMILES string of the molecule is COc1ccc(/C(O)=C2\C(=O)C(=O)N(c3ccc4c(c3)OCO4)C2c2ccc(N(C)C)cc2)c(OC)c1. The fourth-order valence-electron chi connectivity index (χ4n) is 4.54. The van der Waals surface area contributed by atoms with E-state index in [1.165, 1.54) is 19.1 Å². The molecule has 2 aliphatic heterocycles. The molecule has 1 atom stereocenters. The zero-order chi connectivity index (χ0) is 26.3. The molecule has 3 aromatic carbocycles. The quantitative estimate of drug-likeness (QED) is 0.305. The van der Waals surface area contributed by atoms with Gasteiger partial charge in [0, 0.05) is 37.6 Å². The summed E-state index contributed by atoms with van der Waals surface area (Å²) in [6.07, 6.45) is 0. The highest BCUT2D eigenvalue weighted by Gasteiger charge is 2.47. The normalized spacial score (nSPS) is 17.7. The van der Waals surface area contributed by atoms with E-state index in [1.807, 2.05) is 43.3 Å². The van der Waals surface area contributed by atoms with Crippen molar-refractivity contribution in [1.29, 1.82) is 0 Å². The molecule has 9 heteroatoms. The number of aliphatic hydroxyl groups is 1. The van der Waals surface area contributed by atoms with Crippen LogP contribution in [0.2, 0.25) is 0 Å². The first-order chi connectivity index (χ1) is 17.8. The molecule has 1 saturated heterocycles. The molecule has 5 rings (SSSR count). The summed E-state index contributed by atoms with van der Waals surface area (Å²) in [5.74, 6) is -0.0851. The Labute approximate surface area is 214 Å². The summed E-state index contributed by atoms with van der Waals surface area (Å²) >= 11 is 0. The van der Waals surface area contributed by atoms with Crippen molar-refractivity contribution in [3.63, 3.8) is 0 Å². The number of Topliss-reactive ketones (excluding diaryl/α,β-unsaturated/α-hetero) is 1. The van der Waals surface area contributed by atoms with Gasteiger partial charge in [-0.1, -0.05) is 12.1 Å². The predicted octanol–water partition coefficient (Wildman–Crippen LogP) is 4.12. The van der Waals surface area contributed by atoms with Gasteiger partial charge in [0.1, 0.15) is 17.3 Å². The number of ketones is 1. The molecule has 0 spiro atoms. The second-order valence-corrected chi connectivity index (χ2v) is 8.76. The van der Waals surface area contributed by atoms with E-state index in [1.54, 1.807) is 36.4 Å². The second kappa shape index (κ2) is 9.42. The first-order valence-corrected chi connectivity index (χ1v) is 11.5. The third-order valence-electron chi connectivity index (χ3n) is 6.47. The molecule has 1 N–H and O–H groups in total. The lowest BCUT2D eigenvalue weighted by molar-refractivity contribution is -0.132. The van der Waals surface area contributed by atoms with Gasteiger partial charge in [0.2, 0.25) is 6.79 Å². The number of aliphatic hydroxyl groups excluding tert-OH is 1. The molecule has 2 aliphatic rings. The number of hydrogen-bond acceptors (Lipinski definition) is 8. The standard InChI is InChI=1S/C28H26N2O7/c1-29(2)17-7-5-16(6-8-17)25-24(26(31)20-11-10-19(34-3)14-22(20)35-4)27(32)28(33)30(25)18-9-12-21-23(13-18)37-15-36-21/h5-14,25,31H,15H2,1-4H3/b26-24+. The highest BCUT2D eigenvalue weighted by atomic mass is 16.7. The Morgan fingerprint density at radius 1 is 0.946 bits per heavy atom. The molecule has 37 heavy (non-hydrogen) atoms. The Bertz CT molecular complexity index is 1410. The monoisotopic (exact) mass is 502 g/mol. The molecule has 0 saturated carbocycles. The minimum atomic E-state index is -0.900. The maximum absolute atomic E-state index is 13.5. The number of ether oxygens (including phenoxy) is 4. The van der Waals surface area contributed by atoms with E-state index in [0.717, 1.165) is 5.69 Å². The third-order valence-corrected chi connectivity index (χ3v) is 6.47. The average Bonchev–Trinajstić information content (AvgIpc) is 3.49. The van der Waals surface area contributed by atoms with Gasteiger partial charge in [-0.25, -0.2) is 0 Å². The summed E-state index contributed by atoms with van der Waals surface area (Å²) < 4.78 is 21.6. The van der Waals surface area contributed by atoms with Crippen LogP contribution >= 0.6 is 0 Å². The summed E-state index contributed by atoms with van der Waals surface area (Å²) in [7, 11) is 6.81. The van der Waals surface area contributed by atoms with E-state index in [0.29, 0.717) is 34.2 Å². The van der Waals surface area contributed by atoms with E-state index in [9.17, 15) is 14.7 Å². The Hall–Kier alpha value is -4.66. The van der Waals surface area contributed by atoms with Crippen LogP contribution in [0.25, 0.3) is 5.76 Å². The molecule has 2 heterocycles. The fourth-order valence-corrected chi connectivity index (χ4v) is 4.54. The molecule has 0 bridgehead atoms. The third kappa shape index (κ3) is 4.08. The molecule has 0 radical (unpaired) electrons. The largest absolute Gasteiger partial charge is 0.507 e. The van der Waals surface area contributed by atoms with Gasteiger partial charge in [-0.3, -0.25) is 14.5 Å².